The summed E-state index contributed by atoms with van der Waals surface area (Å²) in [5.74, 6) is 0.497. The van der Waals surface area contributed by atoms with Crippen molar-refractivity contribution >= 4 is 17.6 Å². The predicted octanol–water partition coefficient (Wildman–Crippen LogP) is 2.26. The Labute approximate surface area is 144 Å². The summed E-state index contributed by atoms with van der Waals surface area (Å²) < 4.78 is 21.0. The first kappa shape index (κ1) is 16.6. The van der Waals surface area contributed by atoms with E-state index >= 15 is 0 Å². The molecule has 0 aromatic heterocycles. The highest BCUT2D eigenvalue weighted by Crippen LogP contribution is 2.32. The number of nitrogens with one attached hydrogen (secondary N) is 1. The number of ether oxygens (including phenoxy) is 4. The van der Waals surface area contributed by atoms with Crippen LogP contribution in [0.2, 0.25) is 0 Å². The normalized spacial score (nSPS) is 12.2. The third-order valence-electron chi connectivity index (χ3n) is 3.49. The van der Waals surface area contributed by atoms with E-state index in [-0.39, 0.29) is 5.56 Å². The fourth-order valence-corrected chi connectivity index (χ4v) is 2.34. The Balaban J connectivity index is 1.57. The van der Waals surface area contributed by atoms with Gasteiger partial charge in [0.05, 0.1) is 7.11 Å². The molecule has 0 atom stereocenters. The lowest BCUT2D eigenvalue weighted by molar-refractivity contribution is -0.119. The van der Waals surface area contributed by atoms with Crippen LogP contribution >= 0.6 is 0 Å². The van der Waals surface area contributed by atoms with E-state index in [1.165, 1.54) is 7.11 Å². The maximum atomic E-state index is 12.1. The molecule has 0 saturated heterocycles. The van der Waals surface area contributed by atoms with Crippen molar-refractivity contribution in [2.75, 3.05) is 32.2 Å². The maximum Gasteiger partial charge on any atom is 0.342 e. The van der Waals surface area contributed by atoms with Gasteiger partial charge in [-0.1, -0.05) is 12.1 Å². The number of rotatable bonds is 5. The number of carbonyl (C=O) groups is 2. The Morgan fingerprint density at radius 1 is 1.08 bits per heavy atom. The topological polar surface area (TPSA) is 83.1 Å². The molecule has 1 N–H and O–H groups in total. The molecule has 3 rings (SSSR count). The van der Waals surface area contributed by atoms with Gasteiger partial charge in [-0.3, -0.25) is 4.79 Å². The van der Waals surface area contributed by atoms with Gasteiger partial charge < -0.3 is 24.3 Å². The molecule has 0 saturated carbocycles. The molecule has 0 unspecified atom stereocenters. The van der Waals surface area contributed by atoms with Crippen LogP contribution in [0.4, 0.5) is 5.69 Å². The van der Waals surface area contributed by atoms with E-state index in [4.69, 9.17) is 18.9 Å². The van der Waals surface area contributed by atoms with Crippen molar-refractivity contribution in [3.63, 3.8) is 0 Å². The number of amides is 1. The van der Waals surface area contributed by atoms with Gasteiger partial charge in [0.25, 0.3) is 5.91 Å². The first-order valence-electron chi connectivity index (χ1n) is 7.67. The van der Waals surface area contributed by atoms with Crippen LogP contribution in [0.25, 0.3) is 0 Å². The number of hydrogen-bond acceptors (Lipinski definition) is 6. The average Bonchev–Trinajstić information content (AvgIpc) is 2.66. The maximum absolute atomic E-state index is 12.1. The van der Waals surface area contributed by atoms with Crippen molar-refractivity contribution in [3.05, 3.63) is 48.0 Å². The van der Waals surface area contributed by atoms with Crippen LogP contribution in [0.3, 0.4) is 0 Å². The number of hydrogen-bond donors (Lipinski definition) is 1. The number of methoxy groups -OCH3 is 1. The molecule has 0 radical (unpaired) electrons. The summed E-state index contributed by atoms with van der Waals surface area (Å²) in [7, 11) is 1.46. The minimum Gasteiger partial charge on any atom is -0.496 e. The lowest BCUT2D eigenvalue weighted by atomic mass is 10.2. The largest absolute Gasteiger partial charge is 0.496 e. The smallest absolute Gasteiger partial charge is 0.342 e. The second kappa shape index (κ2) is 7.57. The van der Waals surface area contributed by atoms with Crippen molar-refractivity contribution in [1.29, 1.82) is 0 Å². The Morgan fingerprint density at radius 3 is 2.64 bits per heavy atom. The van der Waals surface area contributed by atoms with E-state index in [2.05, 4.69) is 5.32 Å². The summed E-state index contributed by atoms with van der Waals surface area (Å²) in [5.41, 5.74) is 0.791. The molecule has 1 aliphatic rings. The van der Waals surface area contributed by atoms with Crippen LogP contribution in [0.1, 0.15) is 10.4 Å². The van der Waals surface area contributed by atoms with Crippen molar-refractivity contribution < 1.29 is 28.5 Å². The molecule has 0 bridgehead atoms. The average molecular weight is 343 g/mol. The predicted molar refractivity (Wildman–Crippen MR) is 89.3 cm³/mol. The number of para-hydroxylation sites is 1. The monoisotopic (exact) mass is 343 g/mol. The SMILES string of the molecule is COc1ccccc1C(=O)OCC(=O)Nc1ccc2c(c1)OCCO2. The minimum atomic E-state index is -0.630. The molecule has 2 aromatic rings. The fourth-order valence-electron chi connectivity index (χ4n) is 2.34. The van der Waals surface area contributed by atoms with Crippen molar-refractivity contribution in [2.24, 2.45) is 0 Å². The fraction of sp³-hybridized carbons (Fsp3) is 0.222. The van der Waals surface area contributed by atoms with Gasteiger partial charge in [-0.05, 0) is 24.3 Å². The second-order valence-corrected chi connectivity index (χ2v) is 5.18. The van der Waals surface area contributed by atoms with Crippen LogP contribution in [0.15, 0.2) is 42.5 Å². The van der Waals surface area contributed by atoms with E-state index in [1.807, 2.05) is 0 Å². The van der Waals surface area contributed by atoms with Gasteiger partial charge in [0.1, 0.15) is 24.5 Å². The Bertz CT molecular complexity index is 789. The summed E-state index contributed by atoms with van der Waals surface area (Å²) in [4.78, 5) is 24.0. The van der Waals surface area contributed by atoms with Gasteiger partial charge in [-0.2, -0.15) is 0 Å². The van der Waals surface area contributed by atoms with Gasteiger partial charge in [-0.25, -0.2) is 4.79 Å². The van der Waals surface area contributed by atoms with Gasteiger partial charge in [-0.15, -0.1) is 0 Å². The third kappa shape index (κ3) is 4.00. The molecule has 0 spiro atoms. The van der Waals surface area contributed by atoms with E-state index < -0.39 is 18.5 Å². The highest BCUT2D eigenvalue weighted by atomic mass is 16.6. The number of fused-ring (bicyclic) bond motifs is 1. The first-order valence-corrected chi connectivity index (χ1v) is 7.67. The zero-order valence-corrected chi connectivity index (χ0v) is 13.6. The van der Waals surface area contributed by atoms with E-state index in [0.717, 1.165) is 0 Å². The number of esters is 1. The van der Waals surface area contributed by atoms with Crippen molar-refractivity contribution in [3.8, 4) is 17.2 Å². The van der Waals surface area contributed by atoms with Crippen molar-refractivity contribution in [1.82, 2.24) is 0 Å². The summed E-state index contributed by atoms with van der Waals surface area (Å²) >= 11 is 0. The molecule has 0 aliphatic carbocycles. The highest BCUT2D eigenvalue weighted by molar-refractivity contribution is 5.96. The summed E-state index contributed by atoms with van der Waals surface area (Å²) in [5, 5.41) is 2.64. The first-order chi connectivity index (χ1) is 12.2. The summed E-state index contributed by atoms with van der Waals surface area (Å²) in [6.45, 7) is 0.545. The molecule has 25 heavy (non-hydrogen) atoms. The van der Waals surface area contributed by atoms with E-state index in [1.54, 1.807) is 42.5 Å². The molecule has 1 heterocycles. The zero-order chi connectivity index (χ0) is 17.6. The number of carbonyl (C=O) groups excluding carboxylic acids is 2. The minimum absolute atomic E-state index is 0.261. The van der Waals surface area contributed by atoms with Crippen LogP contribution in [-0.2, 0) is 9.53 Å². The van der Waals surface area contributed by atoms with Gasteiger partial charge >= 0.3 is 5.97 Å². The molecule has 7 nitrogen and oxygen atoms in total. The Kier molecular flexibility index (Phi) is 5.03. The van der Waals surface area contributed by atoms with Gasteiger partial charge in [0.2, 0.25) is 0 Å². The second-order valence-electron chi connectivity index (χ2n) is 5.18. The molecule has 130 valence electrons. The van der Waals surface area contributed by atoms with Gasteiger partial charge in [0, 0.05) is 11.8 Å². The molecule has 1 aliphatic heterocycles. The Hall–Kier alpha value is -3.22. The zero-order valence-electron chi connectivity index (χ0n) is 13.6. The van der Waals surface area contributed by atoms with Crippen LogP contribution < -0.4 is 19.5 Å². The van der Waals surface area contributed by atoms with Crippen LogP contribution in [-0.4, -0.2) is 38.8 Å². The summed E-state index contributed by atoms with van der Waals surface area (Å²) in [6.07, 6.45) is 0. The lowest BCUT2D eigenvalue weighted by Gasteiger charge is -2.19. The molecule has 7 heteroatoms. The third-order valence-corrected chi connectivity index (χ3v) is 3.49. The lowest BCUT2D eigenvalue weighted by Crippen LogP contribution is -2.21. The quantitative estimate of drug-likeness (QED) is 0.839. The van der Waals surface area contributed by atoms with E-state index in [0.29, 0.717) is 36.1 Å². The van der Waals surface area contributed by atoms with Gasteiger partial charge in [0.15, 0.2) is 18.1 Å². The molecule has 1 amide bonds. The molecule has 2 aromatic carbocycles. The molecule has 0 fully saturated rings. The number of anilines is 1. The molecular formula is C18H17NO6. The van der Waals surface area contributed by atoms with Crippen LogP contribution in [0, 0.1) is 0 Å². The summed E-state index contributed by atoms with van der Waals surface area (Å²) in [6, 6.07) is 11.7. The number of benzene rings is 2. The van der Waals surface area contributed by atoms with Crippen molar-refractivity contribution in [2.45, 2.75) is 0 Å². The van der Waals surface area contributed by atoms with E-state index in [9.17, 15) is 9.59 Å². The standard InChI is InChI=1S/C18H17NO6/c1-22-14-5-3-2-4-13(14)18(21)25-11-17(20)19-12-6-7-15-16(10-12)24-9-8-23-15/h2-7,10H,8-9,11H2,1H3,(H,19,20). The molecular weight excluding hydrogens is 326 g/mol. The highest BCUT2D eigenvalue weighted by Gasteiger charge is 2.16. The Morgan fingerprint density at radius 2 is 1.84 bits per heavy atom. The van der Waals surface area contributed by atoms with Crippen LogP contribution in [0.5, 0.6) is 17.2 Å².